The van der Waals surface area contributed by atoms with Crippen LogP contribution >= 0.6 is 0 Å². The second-order valence-corrected chi connectivity index (χ2v) is 3.54. The number of aromatic amines is 1. The molecule has 0 amide bonds. The number of aryl methyl sites for hydroxylation is 1. The third-order valence-corrected chi connectivity index (χ3v) is 2.32. The largest absolute Gasteiger partial charge is 0.361 e. The summed E-state index contributed by atoms with van der Waals surface area (Å²) in [4.78, 5) is 21.3. The number of nitrogens with zero attached hydrogens (tertiary/aromatic N) is 4. The summed E-state index contributed by atoms with van der Waals surface area (Å²) in [5, 5.41) is 19.7. The molecule has 0 aliphatic rings. The molecule has 2 rings (SSSR count). The van der Waals surface area contributed by atoms with Gasteiger partial charge in [-0.15, -0.1) is 0 Å². The molecule has 0 saturated heterocycles. The van der Waals surface area contributed by atoms with Gasteiger partial charge >= 0.3 is 5.69 Å². The van der Waals surface area contributed by atoms with Gasteiger partial charge in [0, 0.05) is 11.6 Å². The zero-order valence-electron chi connectivity index (χ0n) is 8.95. The Balaban J connectivity index is 2.30. The molecular formula is C9H9N5O3. The van der Waals surface area contributed by atoms with Gasteiger partial charge < -0.3 is 0 Å². The van der Waals surface area contributed by atoms with Crippen LogP contribution in [0.4, 0.5) is 5.69 Å². The van der Waals surface area contributed by atoms with E-state index in [1.165, 1.54) is 6.07 Å². The van der Waals surface area contributed by atoms with Crippen LogP contribution in [-0.4, -0.2) is 25.1 Å². The Morgan fingerprint density at radius 1 is 1.53 bits per heavy atom. The molecule has 8 nitrogen and oxygen atoms in total. The van der Waals surface area contributed by atoms with Crippen molar-refractivity contribution in [3.8, 4) is 0 Å². The highest BCUT2D eigenvalue weighted by Crippen LogP contribution is 2.18. The summed E-state index contributed by atoms with van der Waals surface area (Å²) < 4.78 is 1.14. The van der Waals surface area contributed by atoms with Crippen LogP contribution in [0.25, 0.3) is 0 Å². The zero-order valence-corrected chi connectivity index (χ0v) is 8.95. The van der Waals surface area contributed by atoms with E-state index in [-0.39, 0.29) is 12.2 Å². The highest BCUT2D eigenvalue weighted by molar-refractivity contribution is 5.41. The number of rotatable bonds is 3. The number of H-pyrrole nitrogens is 1. The maximum Gasteiger partial charge on any atom is 0.361 e. The molecule has 0 aliphatic heterocycles. The Bertz CT molecular complexity index is 615. The molecule has 0 unspecified atom stereocenters. The van der Waals surface area contributed by atoms with E-state index in [2.05, 4.69) is 15.5 Å². The summed E-state index contributed by atoms with van der Waals surface area (Å²) in [6.45, 7) is 1.88. The predicted molar refractivity (Wildman–Crippen MR) is 57.6 cm³/mol. The van der Waals surface area contributed by atoms with Crippen LogP contribution in [0.5, 0.6) is 0 Å². The lowest BCUT2D eigenvalue weighted by Crippen LogP contribution is -2.18. The Morgan fingerprint density at radius 3 is 2.82 bits per heavy atom. The standard InChI is InChI=1S/C9H9N5O3/c1-6-4-7(2-3-8(6)14(16)17)5-13-9(15)10-11-12-13/h2-4H,5H2,1H3,(H,10,12,15). The summed E-state index contributed by atoms with van der Waals surface area (Å²) in [7, 11) is 0. The van der Waals surface area contributed by atoms with Crippen molar-refractivity contribution in [1.29, 1.82) is 0 Å². The minimum Gasteiger partial charge on any atom is -0.258 e. The molecule has 0 radical (unpaired) electrons. The van der Waals surface area contributed by atoms with Crippen LogP contribution in [-0.2, 0) is 6.54 Å². The lowest BCUT2D eigenvalue weighted by atomic mass is 10.1. The van der Waals surface area contributed by atoms with Crippen molar-refractivity contribution >= 4 is 5.69 Å². The van der Waals surface area contributed by atoms with Crippen molar-refractivity contribution in [1.82, 2.24) is 20.2 Å². The Labute approximate surface area is 95.0 Å². The maximum absolute atomic E-state index is 11.2. The normalized spacial score (nSPS) is 10.4. The van der Waals surface area contributed by atoms with E-state index in [1.807, 2.05) is 0 Å². The fourth-order valence-corrected chi connectivity index (χ4v) is 1.51. The van der Waals surface area contributed by atoms with Crippen LogP contribution < -0.4 is 5.69 Å². The summed E-state index contributed by atoms with van der Waals surface area (Å²) in [5.41, 5.74) is 0.940. The molecule has 0 bridgehead atoms. The SMILES string of the molecule is Cc1cc(Cn2nn[nH]c2=O)ccc1[N+](=O)[O-]. The van der Waals surface area contributed by atoms with E-state index in [0.717, 1.165) is 10.2 Å². The lowest BCUT2D eigenvalue weighted by Gasteiger charge is -2.02. The highest BCUT2D eigenvalue weighted by Gasteiger charge is 2.10. The van der Waals surface area contributed by atoms with Gasteiger partial charge in [-0.25, -0.2) is 9.89 Å². The molecule has 2 aromatic rings. The number of tetrazole rings is 1. The number of hydrogen-bond donors (Lipinski definition) is 1. The second kappa shape index (κ2) is 4.16. The quantitative estimate of drug-likeness (QED) is 0.605. The second-order valence-electron chi connectivity index (χ2n) is 3.54. The molecule has 0 spiro atoms. The third-order valence-electron chi connectivity index (χ3n) is 2.32. The van der Waals surface area contributed by atoms with E-state index in [1.54, 1.807) is 19.1 Å². The average Bonchev–Trinajstić information content (AvgIpc) is 2.64. The first-order chi connectivity index (χ1) is 8.08. The first-order valence-corrected chi connectivity index (χ1v) is 4.80. The van der Waals surface area contributed by atoms with Crippen molar-refractivity contribution in [2.24, 2.45) is 0 Å². The topological polar surface area (TPSA) is 107 Å². The molecule has 1 heterocycles. The molecule has 88 valence electrons. The van der Waals surface area contributed by atoms with E-state index in [4.69, 9.17) is 0 Å². The molecule has 1 N–H and O–H groups in total. The number of nitro groups is 1. The Morgan fingerprint density at radius 2 is 2.29 bits per heavy atom. The molecule has 0 saturated carbocycles. The number of benzene rings is 1. The molecule has 0 atom stereocenters. The maximum atomic E-state index is 11.2. The molecule has 17 heavy (non-hydrogen) atoms. The van der Waals surface area contributed by atoms with E-state index < -0.39 is 10.6 Å². The van der Waals surface area contributed by atoms with Crippen LogP contribution in [0.2, 0.25) is 0 Å². The molecule has 1 aromatic heterocycles. The van der Waals surface area contributed by atoms with Crippen LogP contribution in [0.3, 0.4) is 0 Å². The Hall–Kier alpha value is -2.51. The summed E-state index contributed by atoms with van der Waals surface area (Å²) >= 11 is 0. The van der Waals surface area contributed by atoms with Gasteiger partial charge in [0.25, 0.3) is 5.69 Å². The first kappa shape index (κ1) is 11.0. The fraction of sp³-hybridized carbons (Fsp3) is 0.222. The van der Waals surface area contributed by atoms with Gasteiger partial charge in [-0.05, 0) is 29.0 Å². The van der Waals surface area contributed by atoms with Crippen molar-refractivity contribution in [2.45, 2.75) is 13.5 Å². The van der Waals surface area contributed by atoms with E-state index in [9.17, 15) is 14.9 Å². The van der Waals surface area contributed by atoms with Crippen LogP contribution in [0, 0.1) is 17.0 Å². The number of hydrogen-bond acceptors (Lipinski definition) is 5. The predicted octanol–water partition coefficient (Wildman–Crippen LogP) is 0.231. The molecule has 8 heteroatoms. The summed E-state index contributed by atoms with van der Waals surface area (Å²) in [5.74, 6) is 0. The van der Waals surface area contributed by atoms with E-state index >= 15 is 0 Å². The molecule has 0 aliphatic carbocycles. The van der Waals surface area contributed by atoms with Gasteiger partial charge in [0.2, 0.25) is 0 Å². The number of aromatic nitrogens is 4. The van der Waals surface area contributed by atoms with Crippen molar-refractivity contribution in [3.05, 3.63) is 49.9 Å². The van der Waals surface area contributed by atoms with Gasteiger partial charge in [-0.3, -0.25) is 10.1 Å². The smallest absolute Gasteiger partial charge is 0.258 e. The lowest BCUT2D eigenvalue weighted by molar-refractivity contribution is -0.385. The zero-order chi connectivity index (χ0) is 12.4. The number of nitrogens with one attached hydrogen (secondary N) is 1. The van der Waals surface area contributed by atoms with Gasteiger partial charge in [-0.2, -0.15) is 4.68 Å². The minimum absolute atomic E-state index is 0.0567. The Kier molecular flexibility index (Phi) is 2.69. The molecule has 1 aromatic carbocycles. The van der Waals surface area contributed by atoms with Gasteiger partial charge in [0.05, 0.1) is 11.5 Å². The summed E-state index contributed by atoms with van der Waals surface area (Å²) in [6.07, 6.45) is 0. The molecular weight excluding hydrogens is 226 g/mol. The van der Waals surface area contributed by atoms with Gasteiger partial charge in [-0.1, -0.05) is 6.07 Å². The monoisotopic (exact) mass is 235 g/mol. The highest BCUT2D eigenvalue weighted by atomic mass is 16.6. The summed E-state index contributed by atoms with van der Waals surface area (Å²) in [6, 6.07) is 4.65. The van der Waals surface area contributed by atoms with Gasteiger partial charge in [0.15, 0.2) is 0 Å². The fourth-order valence-electron chi connectivity index (χ4n) is 1.51. The van der Waals surface area contributed by atoms with Crippen LogP contribution in [0.1, 0.15) is 11.1 Å². The van der Waals surface area contributed by atoms with Gasteiger partial charge in [0.1, 0.15) is 0 Å². The third kappa shape index (κ3) is 2.19. The van der Waals surface area contributed by atoms with Crippen molar-refractivity contribution in [3.63, 3.8) is 0 Å². The first-order valence-electron chi connectivity index (χ1n) is 4.80. The van der Waals surface area contributed by atoms with E-state index in [0.29, 0.717) is 5.56 Å². The minimum atomic E-state index is -0.443. The van der Waals surface area contributed by atoms with Crippen molar-refractivity contribution < 1.29 is 4.92 Å². The van der Waals surface area contributed by atoms with Crippen molar-refractivity contribution in [2.75, 3.05) is 0 Å². The van der Waals surface area contributed by atoms with Crippen LogP contribution in [0.15, 0.2) is 23.0 Å². The number of nitro benzene ring substituents is 1. The average molecular weight is 235 g/mol. The molecule has 0 fully saturated rings.